The highest BCUT2D eigenvalue weighted by Crippen LogP contribution is 2.43. The largest absolute Gasteiger partial charge is 0.480 e. The lowest BCUT2D eigenvalue weighted by Crippen LogP contribution is -2.44. The fourth-order valence-corrected chi connectivity index (χ4v) is 3.97. The van der Waals surface area contributed by atoms with Crippen molar-refractivity contribution in [3.05, 3.63) is 0 Å². The van der Waals surface area contributed by atoms with Gasteiger partial charge in [-0.25, -0.2) is 0 Å². The Labute approximate surface area is 111 Å². The van der Waals surface area contributed by atoms with Gasteiger partial charge in [0, 0.05) is 12.6 Å². The summed E-state index contributed by atoms with van der Waals surface area (Å²) >= 11 is 0. The molecule has 0 aromatic heterocycles. The highest BCUT2D eigenvalue weighted by atomic mass is 16.4. The van der Waals surface area contributed by atoms with Crippen molar-refractivity contribution < 1.29 is 9.90 Å². The summed E-state index contributed by atoms with van der Waals surface area (Å²) in [5.41, 5.74) is 0. The van der Waals surface area contributed by atoms with Gasteiger partial charge in [-0.1, -0.05) is 32.6 Å². The molecule has 1 aliphatic heterocycles. The van der Waals surface area contributed by atoms with Crippen LogP contribution in [-0.4, -0.2) is 34.6 Å². The van der Waals surface area contributed by atoms with Gasteiger partial charge in [-0.3, -0.25) is 9.69 Å². The number of nitrogens with zero attached hydrogens (tertiary/aromatic N) is 1. The van der Waals surface area contributed by atoms with Crippen molar-refractivity contribution in [2.24, 2.45) is 11.8 Å². The first-order chi connectivity index (χ1) is 8.65. The molecule has 0 aromatic carbocycles. The maximum absolute atomic E-state index is 11.5. The fraction of sp³-hybridized carbons (Fsp3) is 0.933. The molecule has 0 amide bonds. The smallest absolute Gasteiger partial charge is 0.321 e. The van der Waals surface area contributed by atoms with Crippen LogP contribution in [0, 0.1) is 11.8 Å². The van der Waals surface area contributed by atoms with Gasteiger partial charge >= 0.3 is 5.97 Å². The fourth-order valence-electron chi connectivity index (χ4n) is 3.97. The third-order valence-electron chi connectivity index (χ3n) is 4.97. The molecular weight excluding hydrogens is 226 g/mol. The first-order valence-corrected chi connectivity index (χ1v) is 7.63. The molecule has 18 heavy (non-hydrogen) atoms. The van der Waals surface area contributed by atoms with E-state index >= 15 is 0 Å². The van der Waals surface area contributed by atoms with Crippen LogP contribution in [0.1, 0.15) is 58.8 Å². The molecule has 2 rings (SSSR count). The number of unbranched alkanes of at least 4 members (excludes halogenated alkanes) is 2. The minimum Gasteiger partial charge on any atom is -0.480 e. The summed E-state index contributed by atoms with van der Waals surface area (Å²) in [6.07, 6.45) is 8.49. The van der Waals surface area contributed by atoms with E-state index in [0.717, 1.165) is 19.4 Å². The molecule has 0 aromatic rings. The molecule has 1 N–H and O–H groups in total. The maximum Gasteiger partial charge on any atom is 0.321 e. The van der Waals surface area contributed by atoms with Crippen LogP contribution in [-0.2, 0) is 4.79 Å². The lowest BCUT2D eigenvalue weighted by Gasteiger charge is -2.30. The first kappa shape index (κ1) is 13.9. The Morgan fingerprint density at radius 1 is 1.39 bits per heavy atom. The van der Waals surface area contributed by atoms with Crippen LogP contribution < -0.4 is 0 Å². The topological polar surface area (TPSA) is 40.5 Å². The summed E-state index contributed by atoms with van der Waals surface area (Å²) in [7, 11) is 0. The molecule has 3 nitrogen and oxygen atoms in total. The van der Waals surface area contributed by atoms with Gasteiger partial charge in [-0.05, 0) is 38.0 Å². The number of likely N-dealkylation sites (tertiary alicyclic amines) is 1. The Hall–Kier alpha value is -0.570. The minimum atomic E-state index is -0.591. The van der Waals surface area contributed by atoms with Gasteiger partial charge in [0.25, 0.3) is 0 Å². The highest BCUT2D eigenvalue weighted by Gasteiger charge is 2.48. The predicted octanol–water partition coefficient (Wildman–Crippen LogP) is 3.14. The van der Waals surface area contributed by atoms with Gasteiger partial charge in [0.2, 0.25) is 0 Å². The Kier molecular flexibility index (Phi) is 4.66. The first-order valence-electron chi connectivity index (χ1n) is 7.63. The molecule has 1 saturated heterocycles. The van der Waals surface area contributed by atoms with E-state index in [1.807, 2.05) is 0 Å². The predicted molar refractivity (Wildman–Crippen MR) is 72.6 cm³/mol. The Balaban J connectivity index is 1.96. The second-order valence-electron chi connectivity index (χ2n) is 6.18. The van der Waals surface area contributed by atoms with Crippen molar-refractivity contribution in [3.8, 4) is 0 Å². The number of carboxylic acid groups (broad SMARTS) is 1. The molecule has 0 radical (unpaired) electrons. The molecule has 3 heteroatoms. The van der Waals surface area contributed by atoms with Crippen LogP contribution in [0.3, 0.4) is 0 Å². The van der Waals surface area contributed by atoms with Gasteiger partial charge in [-0.2, -0.15) is 0 Å². The van der Waals surface area contributed by atoms with Crippen LogP contribution in [0.4, 0.5) is 0 Å². The van der Waals surface area contributed by atoms with Gasteiger partial charge in [0.05, 0.1) is 0 Å². The van der Waals surface area contributed by atoms with E-state index in [0.29, 0.717) is 17.9 Å². The van der Waals surface area contributed by atoms with Crippen LogP contribution in [0.5, 0.6) is 0 Å². The van der Waals surface area contributed by atoms with Gasteiger partial charge in [-0.15, -0.1) is 0 Å². The molecule has 1 heterocycles. The number of hydrogen-bond acceptors (Lipinski definition) is 2. The molecule has 104 valence electrons. The van der Waals surface area contributed by atoms with Crippen molar-refractivity contribution in [3.63, 3.8) is 0 Å². The zero-order valence-electron chi connectivity index (χ0n) is 11.8. The highest BCUT2D eigenvalue weighted by molar-refractivity contribution is 5.74. The van der Waals surface area contributed by atoms with Crippen LogP contribution in [0.15, 0.2) is 0 Å². The average molecular weight is 253 g/mol. The third-order valence-corrected chi connectivity index (χ3v) is 4.97. The Morgan fingerprint density at radius 2 is 2.17 bits per heavy atom. The number of hydrogen-bond donors (Lipinski definition) is 1. The number of aliphatic carboxylic acids is 1. The minimum absolute atomic E-state index is 0.200. The molecule has 1 saturated carbocycles. The van der Waals surface area contributed by atoms with Crippen molar-refractivity contribution in [2.75, 3.05) is 6.54 Å². The molecular formula is C15H27NO2. The summed E-state index contributed by atoms with van der Waals surface area (Å²) in [5.74, 6) is 0.489. The number of rotatable bonds is 6. The van der Waals surface area contributed by atoms with Gasteiger partial charge in [0.15, 0.2) is 0 Å². The van der Waals surface area contributed by atoms with E-state index in [1.54, 1.807) is 0 Å². The molecule has 0 bridgehead atoms. The van der Waals surface area contributed by atoms with E-state index < -0.39 is 5.97 Å². The molecule has 2 fully saturated rings. The lowest BCUT2D eigenvalue weighted by atomic mass is 9.94. The number of fused-ring (bicyclic) bond motifs is 1. The van der Waals surface area contributed by atoms with Crippen LogP contribution in [0.2, 0.25) is 0 Å². The summed E-state index contributed by atoms with van der Waals surface area (Å²) in [6.45, 7) is 5.45. The van der Waals surface area contributed by atoms with Crippen LogP contribution in [0.25, 0.3) is 0 Å². The Bertz CT molecular complexity index is 292. The van der Waals surface area contributed by atoms with Gasteiger partial charge in [0.1, 0.15) is 6.04 Å². The summed E-state index contributed by atoms with van der Waals surface area (Å²) in [5, 5.41) is 9.51. The molecule has 2 aliphatic rings. The molecule has 0 spiro atoms. The number of carbonyl (C=O) groups is 1. The van der Waals surface area contributed by atoms with E-state index in [-0.39, 0.29) is 6.04 Å². The van der Waals surface area contributed by atoms with Gasteiger partial charge < -0.3 is 5.11 Å². The summed E-state index contributed by atoms with van der Waals surface area (Å²) in [6, 6.07) is 0.234. The lowest BCUT2D eigenvalue weighted by molar-refractivity contribution is -0.144. The maximum atomic E-state index is 11.5. The quantitative estimate of drug-likeness (QED) is 0.739. The van der Waals surface area contributed by atoms with E-state index in [1.165, 1.54) is 32.1 Å². The normalized spacial score (nSPS) is 33.6. The molecule has 4 atom stereocenters. The zero-order chi connectivity index (χ0) is 13.1. The second-order valence-corrected chi connectivity index (χ2v) is 6.18. The third kappa shape index (κ3) is 2.71. The monoisotopic (exact) mass is 253 g/mol. The summed E-state index contributed by atoms with van der Waals surface area (Å²) in [4.78, 5) is 13.8. The van der Waals surface area contributed by atoms with Crippen molar-refractivity contribution >= 4 is 5.97 Å². The van der Waals surface area contributed by atoms with E-state index in [9.17, 15) is 9.90 Å². The molecule has 4 unspecified atom stereocenters. The standard InChI is InChI=1S/C15H27NO2/c1-3-4-5-7-11(2)16-10-12-8-6-9-13(12)14(16)15(17)18/h11-14H,3-10H2,1-2H3,(H,17,18). The average Bonchev–Trinajstić information content (AvgIpc) is 2.87. The zero-order valence-corrected chi connectivity index (χ0v) is 11.8. The van der Waals surface area contributed by atoms with Crippen molar-refractivity contribution in [2.45, 2.75) is 70.9 Å². The SMILES string of the molecule is CCCCCC(C)N1CC2CCCC2C1C(=O)O. The van der Waals surface area contributed by atoms with E-state index in [2.05, 4.69) is 18.7 Å². The summed E-state index contributed by atoms with van der Waals surface area (Å²) < 4.78 is 0. The van der Waals surface area contributed by atoms with Crippen molar-refractivity contribution in [1.29, 1.82) is 0 Å². The van der Waals surface area contributed by atoms with Crippen LogP contribution >= 0.6 is 0 Å². The number of carboxylic acids is 1. The Morgan fingerprint density at radius 3 is 2.83 bits per heavy atom. The molecule has 1 aliphatic carbocycles. The second kappa shape index (κ2) is 6.05. The van der Waals surface area contributed by atoms with E-state index in [4.69, 9.17) is 0 Å². The van der Waals surface area contributed by atoms with Crippen molar-refractivity contribution in [1.82, 2.24) is 4.90 Å².